The molecule has 0 aliphatic carbocycles. The first-order valence-corrected chi connectivity index (χ1v) is 7.90. The number of hydrogen-bond acceptors (Lipinski definition) is 1. The monoisotopic (exact) mass is 284 g/mol. The van der Waals surface area contributed by atoms with Gasteiger partial charge in [-0.25, -0.2) is 0 Å². The maximum Gasteiger partial charge on any atom is 0.108 e. The van der Waals surface area contributed by atoms with Crippen molar-refractivity contribution in [1.29, 1.82) is 0 Å². The Morgan fingerprint density at radius 2 is 1.29 bits per heavy atom. The summed E-state index contributed by atoms with van der Waals surface area (Å²) in [5.41, 5.74) is 2.44. The number of hydrogen-bond donors (Lipinski definition) is 1. The summed E-state index contributed by atoms with van der Waals surface area (Å²) in [5, 5.41) is 0. The minimum absolute atomic E-state index is 0.0300. The van der Waals surface area contributed by atoms with Crippen LogP contribution >= 0.6 is 0 Å². The standard InChI is InChI=1S/C19H25NO/c1-3-20(4-2)15-16-21-19(17-11-7-5-8-12-17)18-13-9-6-10-14-18/h5-14,19H,3-4,15-16H2,1-2H3/p+1. The molecule has 0 aromatic heterocycles. The minimum atomic E-state index is 0.0300. The third-order valence-corrected chi connectivity index (χ3v) is 3.94. The molecule has 0 aliphatic heterocycles. The lowest BCUT2D eigenvalue weighted by molar-refractivity contribution is -0.896. The van der Waals surface area contributed by atoms with Gasteiger partial charge in [0.2, 0.25) is 0 Å². The normalized spacial score (nSPS) is 11.2. The zero-order valence-electron chi connectivity index (χ0n) is 13.1. The molecule has 0 unspecified atom stereocenters. The second kappa shape index (κ2) is 8.60. The van der Waals surface area contributed by atoms with Crippen LogP contribution in [0.3, 0.4) is 0 Å². The van der Waals surface area contributed by atoms with E-state index in [4.69, 9.17) is 4.74 Å². The van der Waals surface area contributed by atoms with Crippen LogP contribution < -0.4 is 4.90 Å². The molecule has 0 amide bonds. The zero-order chi connectivity index (χ0) is 14.9. The van der Waals surface area contributed by atoms with Gasteiger partial charge in [-0.3, -0.25) is 0 Å². The van der Waals surface area contributed by atoms with Crippen LogP contribution in [0.5, 0.6) is 0 Å². The molecule has 0 atom stereocenters. The molecule has 112 valence electrons. The molecular formula is C19H26NO+. The summed E-state index contributed by atoms with van der Waals surface area (Å²) < 4.78 is 6.23. The van der Waals surface area contributed by atoms with Crippen molar-refractivity contribution in [3.05, 3.63) is 71.8 Å². The predicted molar refractivity (Wildman–Crippen MR) is 87.6 cm³/mol. The molecule has 2 heteroatoms. The number of benzene rings is 2. The van der Waals surface area contributed by atoms with Gasteiger partial charge in [-0.2, -0.15) is 0 Å². The maximum atomic E-state index is 6.23. The van der Waals surface area contributed by atoms with E-state index in [1.807, 2.05) is 12.1 Å². The topological polar surface area (TPSA) is 13.7 Å². The van der Waals surface area contributed by atoms with Crippen LogP contribution in [0.25, 0.3) is 0 Å². The highest BCUT2D eigenvalue weighted by Gasteiger charge is 2.15. The van der Waals surface area contributed by atoms with Crippen molar-refractivity contribution in [3.63, 3.8) is 0 Å². The highest BCUT2D eigenvalue weighted by Crippen LogP contribution is 2.25. The van der Waals surface area contributed by atoms with Crippen LogP contribution in [-0.2, 0) is 4.74 Å². The van der Waals surface area contributed by atoms with Crippen LogP contribution in [0, 0.1) is 0 Å². The molecular weight excluding hydrogens is 258 g/mol. The van der Waals surface area contributed by atoms with E-state index in [0.29, 0.717) is 0 Å². The van der Waals surface area contributed by atoms with Crippen molar-refractivity contribution in [1.82, 2.24) is 0 Å². The van der Waals surface area contributed by atoms with E-state index >= 15 is 0 Å². The van der Waals surface area contributed by atoms with Crippen LogP contribution in [0.4, 0.5) is 0 Å². The molecule has 0 saturated heterocycles. The zero-order valence-corrected chi connectivity index (χ0v) is 13.1. The van der Waals surface area contributed by atoms with Crippen LogP contribution in [0.15, 0.2) is 60.7 Å². The first-order valence-electron chi connectivity index (χ1n) is 7.90. The van der Waals surface area contributed by atoms with Gasteiger partial charge in [-0.1, -0.05) is 60.7 Å². The fourth-order valence-corrected chi connectivity index (χ4v) is 2.57. The first kappa shape index (κ1) is 15.7. The molecule has 21 heavy (non-hydrogen) atoms. The summed E-state index contributed by atoms with van der Waals surface area (Å²) >= 11 is 0. The lowest BCUT2D eigenvalue weighted by Gasteiger charge is -2.21. The Morgan fingerprint density at radius 1 is 0.810 bits per heavy atom. The molecule has 2 aromatic rings. The highest BCUT2D eigenvalue weighted by atomic mass is 16.5. The van der Waals surface area contributed by atoms with Gasteiger partial charge in [0.15, 0.2) is 0 Å². The largest absolute Gasteiger partial charge is 0.363 e. The molecule has 0 fully saturated rings. The fraction of sp³-hybridized carbons (Fsp3) is 0.368. The predicted octanol–water partition coefficient (Wildman–Crippen LogP) is 2.72. The lowest BCUT2D eigenvalue weighted by atomic mass is 10.0. The maximum absolute atomic E-state index is 6.23. The third kappa shape index (κ3) is 4.69. The second-order valence-electron chi connectivity index (χ2n) is 5.28. The molecule has 2 rings (SSSR count). The van der Waals surface area contributed by atoms with E-state index in [1.165, 1.54) is 11.1 Å². The van der Waals surface area contributed by atoms with E-state index in [-0.39, 0.29) is 6.10 Å². The second-order valence-corrected chi connectivity index (χ2v) is 5.28. The van der Waals surface area contributed by atoms with Gasteiger partial charge < -0.3 is 9.64 Å². The van der Waals surface area contributed by atoms with E-state index in [2.05, 4.69) is 62.4 Å². The Kier molecular flexibility index (Phi) is 6.45. The number of nitrogens with one attached hydrogen (secondary N) is 1. The van der Waals surface area contributed by atoms with Crippen LogP contribution in [0.1, 0.15) is 31.1 Å². The smallest absolute Gasteiger partial charge is 0.108 e. The number of ether oxygens (including phenoxy) is 1. The SMILES string of the molecule is CC[NH+](CC)CCOC(c1ccccc1)c1ccccc1. The Balaban J connectivity index is 2.07. The van der Waals surface area contributed by atoms with Gasteiger partial charge in [-0.15, -0.1) is 0 Å². The fourth-order valence-electron chi connectivity index (χ4n) is 2.57. The van der Waals surface area contributed by atoms with E-state index in [9.17, 15) is 0 Å². The molecule has 2 aromatic carbocycles. The van der Waals surface area contributed by atoms with E-state index in [1.54, 1.807) is 4.90 Å². The van der Waals surface area contributed by atoms with Crippen molar-refractivity contribution in [2.75, 3.05) is 26.2 Å². The molecule has 0 radical (unpaired) electrons. The quantitative estimate of drug-likeness (QED) is 0.787. The lowest BCUT2D eigenvalue weighted by Crippen LogP contribution is -3.11. The molecule has 0 bridgehead atoms. The summed E-state index contributed by atoms with van der Waals surface area (Å²) in [7, 11) is 0. The van der Waals surface area contributed by atoms with Crippen molar-refractivity contribution < 1.29 is 9.64 Å². The van der Waals surface area contributed by atoms with Crippen molar-refractivity contribution in [3.8, 4) is 0 Å². The first-order chi connectivity index (χ1) is 10.3. The molecule has 0 heterocycles. The summed E-state index contributed by atoms with van der Waals surface area (Å²) in [6, 6.07) is 21.0. The summed E-state index contributed by atoms with van der Waals surface area (Å²) in [6.45, 7) is 8.60. The number of quaternary nitrogens is 1. The van der Waals surface area contributed by atoms with Crippen molar-refractivity contribution in [2.24, 2.45) is 0 Å². The Hall–Kier alpha value is -1.64. The highest BCUT2D eigenvalue weighted by molar-refractivity contribution is 5.29. The minimum Gasteiger partial charge on any atom is -0.363 e. The van der Waals surface area contributed by atoms with Crippen LogP contribution in [0.2, 0.25) is 0 Å². The van der Waals surface area contributed by atoms with Crippen molar-refractivity contribution in [2.45, 2.75) is 20.0 Å². The van der Waals surface area contributed by atoms with Gasteiger partial charge in [0, 0.05) is 0 Å². The van der Waals surface area contributed by atoms with Gasteiger partial charge >= 0.3 is 0 Å². The van der Waals surface area contributed by atoms with Crippen molar-refractivity contribution >= 4 is 0 Å². The van der Waals surface area contributed by atoms with Crippen LogP contribution in [-0.4, -0.2) is 26.2 Å². The number of likely N-dealkylation sites (N-methyl/N-ethyl adjacent to an activating group) is 1. The van der Waals surface area contributed by atoms with Gasteiger partial charge in [-0.05, 0) is 25.0 Å². The molecule has 1 N–H and O–H groups in total. The average Bonchev–Trinajstić information content (AvgIpc) is 2.57. The van der Waals surface area contributed by atoms with Gasteiger partial charge in [0.05, 0.1) is 19.7 Å². The third-order valence-electron chi connectivity index (χ3n) is 3.94. The summed E-state index contributed by atoms with van der Waals surface area (Å²) in [6.07, 6.45) is 0.0300. The molecule has 2 nitrogen and oxygen atoms in total. The van der Waals surface area contributed by atoms with E-state index < -0.39 is 0 Å². The molecule has 0 spiro atoms. The number of rotatable bonds is 8. The Bertz CT molecular complexity index is 454. The molecule has 0 saturated carbocycles. The Morgan fingerprint density at radius 3 is 1.71 bits per heavy atom. The summed E-state index contributed by atoms with van der Waals surface area (Å²) in [4.78, 5) is 1.58. The summed E-state index contributed by atoms with van der Waals surface area (Å²) in [5.74, 6) is 0. The Labute approximate surface area is 128 Å². The average molecular weight is 284 g/mol. The van der Waals surface area contributed by atoms with Gasteiger partial charge in [0.1, 0.15) is 12.6 Å². The van der Waals surface area contributed by atoms with Gasteiger partial charge in [0.25, 0.3) is 0 Å². The molecule has 0 aliphatic rings. The van der Waals surface area contributed by atoms with E-state index in [0.717, 1.165) is 26.2 Å².